The predicted octanol–water partition coefficient (Wildman–Crippen LogP) is 4.46. The van der Waals surface area contributed by atoms with Gasteiger partial charge in [0.05, 0.1) is 36.9 Å². The van der Waals surface area contributed by atoms with Gasteiger partial charge in [-0.2, -0.15) is 18.3 Å². The maximum absolute atomic E-state index is 13.4. The molecular formula is C27H31F3N8O4. The van der Waals surface area contributed by atoms with Gasteiger partial charge < -0.3 is 25.4 Å². The van der Waals surface area contributed by atoms with Gasteiger partial charge in [0.25, 0.3) is 5.91 Å². The number of aromatic nitrogens is 5. The minimum atomic E-state index is -4.61. The number of rotatable bonds is 10. The van der Waals surface area contributed by atoms with E-state index in [0.717, 1.165) is 6.20 Å². The largest absolute Gasteiger partial charge is 0.444 e. The fourth-order valence-electron chi connectivity index (χ4n) is 4.01. The molecule has 224 valence electrons. The molecule has 0 saturated heterocycles. The maximum atomic E-state index is 13.4. The van der Waals surface area contributed by atoms with Crippen LogP contribution >= 0.6 is 0 Å². The summed E-state index contributed by atoms with van der Waals surface area (Å²) in [7, 11) is 0. The van der Waals surface area contributed by atoms with Crippen LogP contribution in [-0.2, 0) is 15.7 Å². The van der Waals surface area contributed by atoms with Crippen molar-refractivity contribution in [1.29, 1.82) is 0 Å². The molecular weight excluding hydrogens is 557 g/mol. The van der Waals surface area contributed by atoms with Gasteiger partial charge >= 0.3 is 12.3 Å². The summed E-state index contributed by atoms with van der Waals surface area (Å²) in [4.78, 5) is 32.8. The first-order chi connectivity index (χ1) is 19.8. The molecule has 0 aliphatic heterocycles. The number of hydrogen-bond donors (Lipinski definition) is 4. The molecule has 0 atom stereocenters. The minimum absolute atomic E-state index is 0.138. The number of H-pyrrole nitrogens is 1. The zero-order chi connectivity index (χ0) is 30.5. The second-order valence-electron chi connectivity index (χ2n) is 10.2. The Balaban J connectivity index is 1.32. The SMILES string of the molecule is Cc1cc(Nc2nccn3c(-c4cn[nH]c4C(F)(F)F)cnc23)ccc1C(=O)NCCOCCNC(=O)OC(C)(C)C. The molecule has 0 radical (unpaired) electrons. The van der Waals surface area contributed by atoms with E-state index in [0.29, 0.717) is 28.3 Å². The lowest BCUT2D eigenvalue weighted by atomic mass is 10.1. The molecule has 12 nitrogen and oxygen atoms in total. The van der Waals surface area contributed by atoms with Crippen LogP contribution in [0.5, 0.6) is 0 Å². The van der Waals surface area contributed by atoms with Gasteiger partial charge in [-0.3, -0.25) is 14.3 Å². The third-order valence-corrected chi connectivity index (χ3v) is 5.81. The van der Waals surface area contributed by atoms with Crippen molar-refractivity contribution in [3.8, 4) is 11.3 Å². The second-order valence-corrected chi connectivity index (χ2v) is 10.2. The summed E-state index contributed by atoms with van der Waals surface area (Å²) in [5, 5.41) is 14.0. The predicted molar refractivity (Wildman–Crippen MR) is 147 cm³/mol. The van der Waals surface area contributed by atoms with E-state index in [9.17, 15) is 22.8 Å². The van der Waals surface area contributed by atoms with Gasteiger partial charge in [0.15, 0.2) is 11.5 Å². The Morgan fingerprint density at radius 3 is 2.48 bits per heavy atom. The van der Waals surface area contributed by atoms with E-state index in [2.05, 4.69) is 31.0 Å². The molecule has 3 aromatic heterocycles. The molecule has 3 heterocycles. The number of hydrogen-bond acceptors (Lipinski definition) is 8. The summed E-state index contributed by atoms with van der Waals surface area (Å²) < 4.78 is 52.2. The minimum Gasteiger partial charge on any atom is -0.444 e. The molecule has 0 fully saturated rings. The van der Waals surface area contributed by atoms with Crippen molar-refractivity contribution in [2.75, 3.05) is 31.6 Å². The van der Waals surface area contributed by atoms with Gasteiger partial charge in [-0.25, -0.2) is 14.8 Å². The number of benzene rings is 1. The van der Waals surface area contributed by atoms with E-state index in [1.807, 2.05) is 5.10 Å². The van der Waals surface area contributed by atoms with E-state index < -0.39 is 23.6 Å². The van der Waals surface area contributed by atoms with Gasteiger partial charge in [-0.05, 0) is 51.5 Å². The van der Waals surface area contributed by atoms with Gasteiger partial charge in [0, 0.05) is 36.7 Å². The Bertz CT molecular complexity index is 1560. The first kappa shape index (κ1) is 30.3. The fraction of sp³-hybridized carbons (Fsp3) is 0.370. The van der Waals surface area contributed by atoms with Crippen LogP contribution in [0.3, 0.4) is 0 Å². The lowest BCUT2D eigenvalue weighted by Crippen LogP contribution is -2.34. The number of halogens is 3. The van der Waals surface area contributed by atoms with Crippen LogP contribution < -0.4 is 16.0 Å². The quantitative estimate of drug-likeness (QED) is 0.199. The Hall–Kier alpha value is -4.66. The van der Waals surface area contributed by atoms with Crippen LogP contribution in [0.1, 0.15) is 42.4 Å². The highest BCUT2D eigenvalue weighted by atomic mass is 19.4. The Morgan fingerprint density at radius 2 is 1.79 bits per heavy atom. The first-order valence-corrected chi connectivity index (χ1v) is 13.0. The molecule has 1 aromatic carbocycles. The van der Waals surface area contributed by atoms with E-state index in [1.54, 1.807) is 45.9 Å². The number of nitrogens with zero attached hydrogens (tertiary/aromatic N) is 4. The van der Waals surface area contributed by atoms with E-state index >= 15 is 0 Å². The fourth-order valence-corrected chi connectivity index (χ4v) is 4.01. The Morgan fingerprint density at radius 1 is 1.05 bits per heavy atom. The zero-order valence-corrected chi connectivity index (χ0v) is 23.4. The van der Waals surface area contributed by atoms with Gasteiger partial charge in [0.2, 0.25) is 0 Å². The number of ether oxygens (including phenoxy) is 2. The maximum Gasteiger partial charge on any atom is 0.433 e. The number of anilines is 2. The average molecular weight is 589 g/mol. The van der Waals surface area contributed by atoms with Crippen LogP contribution in [0.4, 0.5) is 29.5 Å². The normalized spacial score (nSPS) is 11.9. The van der Waals surface area contributed by atoms with Crippen molar-refractivity contribution >= 4 is 29.2 Å². The molecule has 15 heteroatoms. The molecule has 2 amide bonds. The van der Waals surface area contributed by atoms with E-state index in [4.69, 9.17) is 9.47 Å². The summed E-state index contributed by atoms with van der Waals surface area (Å²) in [5.74, 6) is 0.0314. The second kappa shape index (κ2) is 12.5. The molecule has 42 heavy (non-hydrogen) atoms. The molecule has 4 aromatic rings. The summed E-state index contributed by atoms with van der Waals surface area (Å²) in [6, 6.07) is 5.09. The Kier molecular flexibility index (Phi) is 8.99. The van der Waals surface area contributed by atoms with E-state index in [-0.39, 0.29) is 43.5 Å². The lowest BCUT2D eigenvalue weighted by molar-refractivity contribution is -0.140. The van der Waals surface area contributed by atoms with Gasteiger partial charge in [-0.15, -0.1) is 0 Å². The van der Waals surface area contributed by atoms with Crippen LogP contribution in [0, 0.1) is 6.92 Å². The summed E-state index contributed by atoms with van der Waals surface area (Å²) in [5.41, 5.74) is 0.568. The van der Waals surface area contributed by atoms with Crippen molar-refractivity contribution in [3.05, 3.63) is 59.8 Å². The molecule has 0 spiro atoms. The number of amides is 2. The highest BCUT2D eigenvalue weighted by Gasteiger charge is 2.36. The van der Waals surface area contributed by atoms with Crippen molar-refractivity contribution < 1.29 is 32.2 Å². The monoisotopic (exact) mass is 588 g/mol. The number of aromatic amines is 1. The number of imidazole rings is 1. The number of nitrogens with one attached hydrogen (secondary N) is 4. The topological polar surface area (TPSA) is 148 Å². The number of alkyl carbamates (subject to hydrolysis) is 1. The average Bonchev–Trinajstić information content (AvgIpc) is 3.55. The zero-order valence-electron chi connectivity index (χ0n) is 23.4. The standard InChI is InChI=1S/C27H31F3N8O4/c1-16-13-17(5-6-18(16)24(39)32-8-11-41-12-9-33-25(40)42-26(2,3)4)36-22-23-34-15-20(38(23)10-7-31-22)19-14-35-37-21(19)27(28,29)30/h5-7,10,13-15H,8-9,11-12H2,1-4H3,(H,31,36)(H,32,39)(H,33,40)(H,35,37). The number of fused-ring (bicyclic) bond motifs is 1. The van der Waals surface area contributed by atoms with Crippen molar-refractivity contribution in [2.24, 2.45) is 0 Å². The molecule has 0 saturated carbocycles. The number of carbonyl (C=O) groups excluding carboxylic acids is 2. The molecule has 0 unspecified atom stereocenters. The van der Waals surface area contributed by atoms with Gasteiger partial charge in [-0.1, -0.05) is 0 Å². The summed E-state index contributed by atoms with van der Waals surface area (Å²) >= 11 is 0. The van der Waals surface area contributed by atoms with E-state index in [1.165, 1.54) is 23.0 Å². The Labute approximate surface area is 239 Å². The van der Waals surface area contributed by atoms with Crippen LogP contribution in [0.2, 0.25) is 0 Å². The molecule has 0 aliphatic carbocycles. The number of aryl methyl sites for hydroxylation is 1. The summed E-state index contributed by atoms with van der Waals surface area (Å²) in [6.07, 6.45) is 0.242. The smallest absolute Gasteiger partial charge is 0.433 e. The van der Waals surface area contributed by atoms with Crippen molar-refractivity contribution in [1.82, 2.24) is 35.2 Å². The number of carbonyl (C=O) groups is 2. The molecule has 0 bridgehead atoms. The van der Waals surface area contributed by atoms with Gasteiger partial charge in [0.1, 0.15) is 11.3 Å². The third kappa shape index (κ3) is 7.54. The van der Waals surface area contributed by atoms with Crippen LogP contribution in [0.25, 0.3) is 16.9 Å². The van der Waals surface area contributed by atoms with Crippen molar-refractivity contribution in [3.63, 3.8) is 0 Å². The third-order valence-electron chi connectivity index (χ3n) is 5.81. The highest BCUT2D eigenvalue weighted by molar-refractivity contribution is 5.96. The van der Waals surface area contributed by atoms with Crippen LogP contribution in [-0.4, -0.2) is 68.5 Å². The molecule has 4 N–H and O–H groups in total. The number of alkyl halides is 3. The van der Waals surface area contributed by atoms with Crippen molar-refractivity contribution in [2.45, 2.75) is 39.5 Å². The van der Waals surface area contributed by atoms with Crippen LogP contribution in [0.15, 0.2) is 43.0 Å². The summed E-state index contributed by atoms with van der Waals surface area (Å²) in [6.45, 7) is 8.16. The molecule has 0 aliphatic rings. The molecule has 4 rings (SSSR count). The first-order valence-electron chi connectivity index (χ1n) is 13.0. The highest BCUT2D eigenvalue weighted by Crippen LogP contribution is 2.36. The lowest BCUT2D eigenvalue weighted by Gasteiger charge is -2.19.